The van der Waals surface area contributed by atoms with Crippen LogP contribution < -0.4 is 11.4 Å². The van der Waals surface area contributed by atoms with Crippen molar-refractivity contribution in [1.29, 1.82) is 5.26 Å². The summed E-state index contributed by atoms with van der Waals surface area (Å²) in [7, 11) is 0. The third-order valence-corrected chi connectivity index (χ3v) is 4.69. The van der Waals surface area contributed by atoms with E-state index in [9.17, 15) is 4.79 Å². The molecule has 0 atom stereocenters. The van der Waals surface area contributed by atoms with Crippen LogP contribution in [0.1, 0.15) is 10.4 Å². The zero-order valence-corrected chi connectivity index (χ0v) is 14.3. The summed E-state index contributed by atoms with van der Waals surface area (Å²) in [5.41, 5.74) is 0.342. The molecule has 7 nitrogen and oxygen atoms in total. The topological polar surface area (TPSA) is 90.9 Å². The SMILES string of the molecule is N#Cc1ccsc1Cn1c([N+]2=CN(N)CC=C2)ncc(Br)c1=O. The number of rotatable bonds is 3. The van der Waals surface area contributed by atoms with Crippen molar-refractivity contribution in [2.45, 2.75) is 6.54 Å². The molecule has 3 rings (SSSR count). The van der Waals surface area contributed by atoms with Gasteiger partial charge in [-0.2, -0.15) is 5.26 Å². The van der Waals surface area contributed by atoms with E-state index in [0.717, 1.165) is 4.88 Å². The van der Waals surface area contributed by atoms with E-state index in [1.165, 1.54) is 27.1 Å². The van der Waals surface area contributed by atoms with Gasteiger partial charge < -0.3 is 0 Å². The molecule has 0 fully saturated rings. The lowest BCUT2D eigenvalue weighted by Crippen LogP contribution is -2.36. The number of nitrogens with two attached hydrogens (primary N) is 1. The third kappa shape index (κ3) is 3.10. The van der Waals surface area contributed by atoms with Crippen molar-refractivity contribution in [3.8, 4) is 6.07 Å². The minimum absolute atomic E-state index is 0.219. The normalized spacial score (nSPS) is 13.8. The first-order valence-electron chi connectivity index (χ1n) is 6.63. The predicted octanol–water partition coefficient (Wildman–Crippen LogP) is 1.36. The molecule has 3 heterocycles. The minimum Gasteiger partial charge on any atom is -0.254 e. The van der Waals surface area contributed by atoms with E-state index in [1.807, 2.05) is 11.5 Å². The van der Waals surface area contributed by atoms with Gasteiger partial charge >= 0.3 is 11.5 Å². The summed E-state index contributed by atoms with van der Waals surface area (Å²) in [6, 6.07) is 3.88. The van der Waals surface area contributed by atoms with E-state index in [1.54, 1.807) is 23.2 Å². The monoisotopic (exact) mass is 391 g/mol. The van der Waals surface area contributed by atoms with E-state index in [4.69, 9.17) is 11.1 Å². The van der Waals surface area contributed by atoms with Gasteiger partial charge in [0.1, 0.15) is 16.7 Å². The van der Waals surface area contributed by atoms with Crippen LogP contribution in [-0.4, -0.2) is 32.0 Å². The lowest BCUT2D eigenvalue weighted by Gasteiger charge is -2.15. The smallest absolute Gasteiger partial charge is 0.254 e. The summed E-state index contributed by atoms with van der Waals surface area (Å²) in [6.45, 7) is 0.852. The van der Waals surface area contributed by atoms with E-state index in [-0.39, 0.29) is 12.1 Å². The van der Waals surface area contributed by atoms with Crippen LogP contribution in [-0.2, 0) is 6.54 Å². The molecule has 2 N–H and O–H groups in total. The Morgan fingerprint density at radius 1 is 1.57 bits per heavy atom. The van der Waals surface area contributed by atoms with Gasteiger partial charge in [0.05, 0.1) is 29.7 Å². The number of halogens is 1. The van der Waals surface area contributed by atoms with E-state index in [2.05, 4.69) is 27.0 Å². The number of hydrogen-bond donors (Lipinski definition) is 1. The van der Waals surface area contributed by atoms with Crippen LogP contribution in [0.2, 0.25) is 0 Å². The summed E-state index contributed by atoms with van der Waals surface area (Å²) >= 11 is 4.65. The highest BCUT2D eigenvalue weighted by atomic mass is 79.9. The van der Waals surface area contributed by atoms with Crippen molar-refractivity contribution in [2.75, 3.05) is 6.54 Å². The number of aromatic nitrogens is 2. The Kier molecular flexibility index (Phi) is 4.38. The molecule has 1 aliphatic heterocycles. The molecule has 0 unspecified atom stereocenters. The van der Waals surface area contributed by atoms with Gasteiger partial charge in [0.15, 0.2) is 6.34 Å². The van der Waals surface area contributed by atoms with Crippen LogP contribution in [0.5, 0.6) is 0 Å². The number of hydrazine groups is 1. The summed E-state index contributed by atoms with van der Waals surface area (Å²) in [4.78, 5) is 17.7. The van der Waals surface area contributed by atoms with Crippen molar-refractivity contribution in [2.24, 2.45) is 5.84 Å². The lowest BCUT2D eigenvalue weighted by molar-refractivity contribution is -0.377. The molecule has 23 heavy (non-hydrogen) atoms. The number of nitrogens with zero attached hydrogens (tertiary/aromatic N) is 5. The maximum absolute atomic E-state index is 12.5. The third-order valence-electron chi connectivity index (χ3n) is 3.24. The van der Waals surface area contributed by atoms with Crippen LogP contribution in [0, 0.1) is 11.3 Å². The number of thiophene rings is 1. The van der Waals surface area contributed by atoms with Crippen LogP contribution in [0.3, 0.4) is 0 Å². The molecule has 0 amide bonds. The predicted molar refractivity (Wildman–Crippen MR) is 90.4 cm³/mol. The molecular weight excluding hydrogens is 380 g/mol. The van der Waals surface area contributed by atoms with E-state index < -0.39 is 0 Å². The Balaban J connectivity index is 2.12. The maximum atomic E-state index is 12.5. The molecule has 9 heteroatoms. The standard InChI is InChI=1S/C14H12BrN6OS/c15-11-7-18-14(19-3-1-4-20(17)9-19)21(13(11)22)8-12-10(6-16)2-5-23-12/h1-3,5,7,9H,4,8,17H2/q+1. The fourth-order valence-electron chi connectivity index (χ4n) is 2.16. The van der Waals surface area contributed by atoms with Crippen LogP contribution in [0.25, 0.3) is 0 Å². The first-order valence-corrected chi connectivity index (χ1v) is 8.30. The minimum atomic E-state index is -0.219. The molecule has 0 spiro atoms. The van der Waals surface area contributed by atoms with Crippen molar-refractivity contribution in [3.05, 3.63) is 55.2 Å². The summed E-state index contributed by atoms with van der Waals surface area (Å²) in [6.07, 6.45) is 6.79. The first-order chi connectivity index (χ1) is 11.1. The average molecular weight is 392 g/mol. The van der Waals surface area contributed by atoms with Gasteiger partial charge in [0.2, 0.25) is 0 Å². The Bertz CT molecular complexity index is 907. The van der Waals surface area contributed by atoms with Crippen molar-refractivity contribution in [1.82, 2.24) is 14.6 Å². The van der Waals surface area contributed by atoms with Crippen LogP contribution in [0.4, 0.5) is 5.95 Å². The van der Waals surface area contributed by atoms with Gasteiger partial charge in [-0.15, -0.1) is 16.3 Å². The fourth-order valence-corrected chi connectivity index (χ4v) is 3.29. The molecule has 2 aromatic heterocycles. The van der Waals surface area contributed by atoms with Gasteiger partial charge in [-0.05, 0) is 33.5 Å². The van der Waals surface area contributed by atoms with Gasteiger partial charge in [0.25, 0.3) is 0 Å². The molecule has 0 aromatic carbocycles. The maximum Gasteiger partial charge on any atom is 0.361 e. The van der Waals surface area contributed by atoms with Gasteiger partial charge in [-0.25, -0.2) is 20.0 Å². The lowest BCUT2D eigenvalue weighted by atomic mass is 10.3. The molecular formula is C14H12BrN6OS+. The van der Waals surface area contributed by atoms with Crippen molar-refractivity contribution in [3.63, 3.8) is 0 Å². The summed E-state index contributed by atoms with van der Waals surface area (Å²) in [5, 5.41) is 12.5. The Morgan fingerprint density at radius 2 is 2.39 bits per heavy atom. The zero-order valence-electron chi connectivity index (χ0n) is 11.9. The second-order valence-electron chi connectivity index (χ2n) is 4.77. The van der Waals surface area contributed by atoms with Crippen LogP contribution >= 0.6 is 27.3 Å². The largest absolute Gasteiger partial charge is 0.361 e. The fraction of sp³-hybridized carbons (Fsp3) is 0.143. The Hall–Kier alpha value is -2.28. The molecule has 0 bridgehead atoms. The molecule has 116 valence electrons. The molecule has 2 aromatic rings. The summed E-state index contributed by atoms with van der Waals surface area (Å²) in [5.74, 6) is 6.21. The quantitative estimate of drug-likeness (QED) is 0.629. The average Bonchev–Trinajstić information content (AvgIpc) is 2.99. The molecule has 1 aliphatic rings. The molecule has 0 saturated carbocycles. The highest BCUT2D eigenvalue weighted by molar-refractivity contribution is 9.10. The first kappa shape index (κ1) is 15.6. The molecule has 0 radical (unpaired) electrons. The molecule has 0 saturated heterocycles. The van der Waals surface area contributed by atoms with Crippen molar-refractivity contribution >= 4 is 39.6 Å². The second kappa shape index (κ2) is 6.45. The Morgan fingerprint density at radius 3 is 3.13 bits per heavy atom. The van der Waals surface area contributed by atoms with Crippen LogP contribution in [0.15, 0.2) is 39.2 Å². The highest BCUT2D eigenvalue weighted by Gasteiger charge is 2.21. The molecule has 0 aliphatic carbocycles. The number of hydrogen-bond acceptors (Lipinski definition) is 6. The van der Waals surface area contributed by atoms with E-state index >= 15 is 0 Å². The summed E-state index contributed by atoms with van der Waals surface area (Å²) < 4.78 is 3.55. The zero-order chi connectivity index (χ0) is 16.4. The van der Waals surface area contributed by atoms with E-state index in [0.29, 0.717) is 22.5 Å². The van der Waals surface area contributed by atoms with Gasteiger partial charge in [-0.3, -0.25) is 4.79 Å². The number of nitriles is 1. The van der Waals surface area contributed by atoms with Gasteiger partial charge in [0, 0.05) is 0 Å². The Labute approximate surface area is 144 Å². The second-order valence-corrected chi connectivity index (χ2v) is 6.63. The van der Waals surface area contributed by atoms with Gasteiger partial charge in [-0.1, -0.05) is 0 Å². The highest BCUT2D eigenvalue weighted by Crippen LogP contribution is 2.19. The van der Waals surface area contributed by atoms with Crippen molar-refractivity contribution < 1.29 is 4.58 Å².